The van der Waals surface area contributed by atoms with Gasteiger partial charge in [0.2, 0.25) is 0 Å². The fraction of sp³-hybridized carbons (Fsp3) is 0.333. The average Bonchev–Trinajstić information content (AvgIpc) is 2.69. The minimum atomic E-state index is -0.810. The highest BCUT2D eigenvalue weighted by Crippen LogP contribution is 2.34. The van der Waals surface area contributed by atoms with Gasteiger partial charge in [0, 0.05) is 5.02 Å². The smallest absolute Gasteiger partial charge is 0.342 e. The molecule has 2 N–H and O–H groups in total. The lowest BCUT2D eigenvalue weighted by atomic mass is 9.95. The molecule has 2 aromatic rings. The molecule has 1 aliphatic rings. The zero-order chi connectivity index (χ0) is 21.0. The van der Waals surface area contributed by atoms with Crippen LogP contribution in [0.2, 0.25) is 5.02 Å². The van der Waals surface area contributed by atoms with Crippen molar-refractivity contribution in [1.29, 1.82) is 0 Å². The van der Waals surface area contributed by atoms with E-state index in [1.54, 1.807) is 0 Å². The third-order valence-electron chi connectivity index (χ3n) is 4.42. The van der Waals surface area contributed by atoms with Gasteiger partial charge in [0.25, 0.3) is 5.91 Å². The van der Waals surface area contributed by atoms with Crippen LogP contribution in [0.25, 0.3) is 0 Å². The summed E-state index contributed by atoms with van der Waals surface area (Å²) >= 11 is 5.75. The molecular weight excluding hydrogens is 398 g/mol. The minimum absolute atomic E-state index is 0.0607. The zero-order valence-corrected chi connectivity index (χ0v) is 16.9. The second-order valence-corrected chi connectivity index (χ2v) is 7.37. The van der Waals surface area contributed by atoms with E-state index >= 15 is 0 Å². The molecule has 29 heavy (non-hydrogen) atoms. The van der Waals surface area contributed by atoms with Crippen LogP contribution in [0.4, 0.5) is 0 Å². The number of phenolic OH excluding ortho intramolecular Hbond substituents is 1. The third kappa shape index (κ3) is 5.12. The number of esters is 1. The predicted molar refractivity (Wildman–Crippen MR) is 107 cm³/mol. The van der Waals surface area contributed by atoms with E-state index in [1.165, 1.54) is 18.2 Å². The van der Waals surface area contributed by atoms with Crippen LogP contribution in [0, 0.1) is 5.92 Å². The van der Waals surface area contributed by atoms with Gasteiger partial charge in [0.15, 0.2) is 18.1 Å². The number of ether oxygens (including phenoxy) is 3. The normalized spacial score (nSPS) is 13.7. The van der Waals surface area contributed by atoms with Gasteiger partial charge in [0.05, 0.1) is 6.04 Å². The number of carbonyl (C=O) groups excluding carboxylic acids is 2. The molecule has 0 radical (unpaired) electrons. The van der Waals surface area contributed by atoms with Crippen LogP contribution in [0.1, 0.15) is 35.8 Å². The molecule has 0 saturated heterocycles. The van der Waals surface area contributed by atoms with Crippen LogP contribution in [0.5, 0.6) is 17.2 Å². The van der Waals surface area contributed by atoms with Crippen molar-refractivity contribution in [2.75, 3.05) is 19.8 Å². The first-order valence-corrected chi connectivity index (χ1v) is 9.57. The summed E-state index contributed by atoms with van der Waals surface area (Å²) in [5.41, 5.74) is 0.800. The molecule has 0 fully saturated rings. The van der Waals surface area contributed by atoms with Crippen molar-refractivity contribution in [2.24, 2.45) is 5.92 Å². The molecule has 3 rings (SSSR count). The number of amides is 1. The van der Waals surface area contributed by atoms with Gasteiger partial charge in [-0.2, -0.15) is 0 Å². The summed E-state index contributed by atoms with van der Waals surface area (Å²) in [5, 5.41) is 12.9. The second kappa shape index (κ2) is 9.05. The molecule has 1 heterocycles. The molecular formula is C21H22ClNO6. The van der Waals surface area contributed by atoms with E-state index in [0.717, 1.165) is 5.56 Å². The van der Waals surface area contributed by atoms with Crippen LogP contribution >= 0.6 is 11.6 Å². The van der Waals surface area contributed by atoms with Crippen molar-refractivity contribution >= 4 is 23.5 Å². The average molecular weight is 420 g/mol. The van der Waals surface area contributed by atoms with Crippen LogP contribution < -0.4 is 14.8 Å². The number of hydrogen-bond acceptors (Lipinski definition) is 6. The van der Waals surface area contributed by atoms with Crippen molar-refractivity contribution in [2.45, 2.75) is 19.9 Å². The molecule has 1 aliphatic heterocycles. The maximum absolute atomic E-state index is 12.4. The number of fused-ring (bicyclic) bond motifs is 1. The van der Waals surface area contributed by atoms with E-state index in [4.69, 9.17) is 25.8 Å². The number of hydrogen-bond donors (Lipinski definition) is 2. The SMILES string of the molecule is CC(C)[C@H](NC(=O)COC(=O)c1ccc(Cl)cc1O)c1ccc2c(c1)OCCO2. The fourth-order valence-electron chi connectivity index (χ4n) is 2.99. The maximum atomic E-state index is 12.4. The summed E-state index contributed by atoms with van der Waals surface area (Å²) in [4.78, 5) is 24.5. The lowest BCUT2D eigenvalue weighted by Crippen LogP contribution is -2.35. The van der Waals surface area contributed by atoms with E-state index in [-0.39, 0.29) is 28.3 Å². The van der Waals surface area contributed by atoms with Gasteiger partial charge >= 0.3 is 5.97 Å². The van der Waals surface area contributed by atoms with Crippen molar-refractivity contribution in [3.63, 3.8) is 0 Å². The van der Waals surface area contributed by atoms with Crippen molar-refractivity contribution in [3.05, 3.63) is 52.5 Å². The van der Waals surface area contributed by atoms with Gasteiger partial charge in [0.1, 0.15) is 24.5 Å². The van der Waals surface area contributed by atoms with E-state index in [9.17, 15) is 14.7 Å². The number of phenols is 1. The molecule has 2 aromatic carbocycles. The number of aromatic hydroxyl groups is 1. The Balaban J connectivity index is 1.63. The fourth-order valence-corrected chi connectivity index (χ4v) is 3.16. The Hall–Kier alpha value is -2.93. The molecule has 0 aromatic heterocycles. The molecule has 7 nitrogen and oxygen atoms in total. The first-order chi connectivity index (χ1) is 13.8. The number of nitrogens with one attached hydrogen (secondary N) is 1. The van der Waals surface area contributed by atoms with Gasteiger partial charge in [-0.25, -0.2) is 4.79 Å². The highest BCUT2D eigenvalue weighted by Gasteiger charge is 2.22. The van der Waals surface area contributed by atoms with Crippen LogP contribution in [-0.4, -0.2) is 36.8 Å². The molecule has 1 atom stereocenters. The number of benzene rings is 2. The summed E-state index contributed by atoms with van der Waals surface area (Å²) in [6.07, 6.45) is 0. The van der Waals surface area contributed by atoms with E-state index < -0.39 is 18.5 Å². The van der Waals surface area contributed by atoms with Crippen molar-refractivity contribution in [3.8, 4) is 17.2 Å². The Morgan fingerprint density at radius 3 is 2.55 bits per heavy atom. The van der Waals surface area contributed by atoms with Gasteiger partial charge in [-0.1, -0.05) is 31.5 Å². The molecule has 0 unspecified atom stereocenters. The Bertz CT molecular complexity index is 914. The summed E-state index contributed by atoms with van der Waals surface area (Å²) in [6.45, 7) is 4.45. The van der Waals surface area contributed by atoms with E-state index in [1.807, 2.05) is 32.0 Å². The largest absolute Gasteiger partial charge is 0.507 e. The van der Waals surface area contributed by atoms with Crippen LogP contribution in [0.15, 0.2) is 36.4 Å². The molecule has 0 saturated carbocycles. The highest BCUT2D eigenvalue weighted by atomic mass is 35.5. The topological polar surface area (TPSA) is 94.1 Å². The van der Waals surface area contributed by atoms with E-state index in [0.29, 0.717) is 24.7 Å². The molecule has 154 valence electrons. The zero-order valence-electron chi connectivity index (χ0n) is 16.1. The Kier molecular flexibility index (Phi) is 6.49. The molecule has 0 spiro atoms. The molecule has 8 heteroatoms. The summed E-state index contributed by atoms with van der Waals surface area (Å²) in [5.74, 6) is -0.185. The Morgan fingerprint density at radius 1 is 1.14 bits per heavy atom. The Morgan fingerprint density at radius 2 is 1.86 bits per heavy atom. The predicted octanol–water partition coefficient (Wildman–Crippen LogP) is 3.49. The van der Waals surface area contributed by atoms with Crippen molar-refractivity contribution in [1.82, 2.24) is 5.32 Å². The molecule has 0 bridgehead atoms. The second-order valence-electron chi connectivity index (χ2n) is 6.93. The lowest BCUT2D eigenvalue weighted by molar-refractivity contribution is -0.125. The Labute approximate surface area is 173 Å². The monoisotopic (exact) mass is 419 g/mol. The van der Waals surface area contributed by atoms with Gasteiger partial charge in [-0.3, -0.25) is 4.79 Å². The first-order valence-electron chi connectivity index (χ1n) is 9.19. The quantitative estimate of drug-likeness (QED) is 0.696. The maximum Gasteiger partial charge on any atom is 0.342 e. The first kappa shape index (κ1) is 20.8. The van der Waals surface area contributed by atoms with Gasteiger partial charge in [-0.05, 0) is 41.8 Å². The highest BCUT2D eigenvalue weighted by molar-refractivity contribution is 6.30. The number of carbonyl (C=O) groups is 2. The minimum Gasteiger partial charge on any atom is -0.507 e. The number of halogens is 1. The summed E-state index contributed by atoms with van der Waals surface area (Å²) in [7, 11) is 0. The third-order valence-corrected chi connectivity index (χ3v) is 4.66. The lowest BCUT2D eigenvalue weighted by Gasteiger charge is -2.25. The molecule has 1 amide bonds. The standard InChI is InChI=1S/C21H22ClNO6/c1-12(2)20(13-3-6-17-18(9-13)28-8-7-27-17)23-19(25)11-29-21(26)15-5-4-14(22)10-16(15)24/h3-6,9-10,12,20,24H,7-8,11H2,1-2H3,(H,23,25)/t20-/m0/s1. The summed E-state index contributed by atoms with van der Waals surface area (Å²) < 4.78 is 16.2. The summed E-state index contributed by atoms with van der Waals surface area (Å²) in [6, 6.07) is 9.25. The van der Waals surface area contributed by atoms with E-state index in [2.05, 4.69) is 5.32 Å². The molecule has 0 aliphatic carbocycles. The van der Waals surface area contributed by atoms with Gasteiger partial charge < -0.3 is 24.6 Å². The van der Waals surface area contributed by atoms with Gasteiger partial charge in [-0.15, -0.1) is 0 Å². The number of rotatable bonds is 6. The van der Waals surface area contributed by atoms with Crippen LogP contribution in [0.3, 0.4) is 0 Å². The van der Waals surface area contributed by atoms with Crippen molar-refractivity contribution < 1.29 is 28.9 Å². The van der Waals surface area contributed by atoms with Crippen LogP contribution in [-0.2, 0) is 9.53 Å².